The van der Waals surface area contributed by atoms with E-state index in [0.29, 0.717) is 18.0 Å². The summed E-state index contributed by atoms with van der Waals surface area (Å²) in [5.74, 6) is -1.47. The number of nitrogens with one attached hydrogen (secondary N) is 1. The smallest absolute Gasteiger partial charge is 0.335 e. The third kappa shape index (κ3) is 4.08. The minimum atomic E-state index is -0.985. The molecular formula is C22H18FN3O3S. The number of fused-ring (bicyclic) bond motifs is 1. The van der Waals surface area contributed by atoms with Crippen LogP contribution in [0, 0.1) is 12.7 Å². The highest BCUT2D eigenvalue weighted by atomic mass is 32.1. The highest BCUT2D eigenvalue weighted by Gasteiger charge is 2.16. The van der Waals surface area contributed by atoms with E-state index in [9.17, 15) is 14.0 Å². The summed E-state index contributed by atoms with van der Waals surface area (Å²) in [5, 5.41) is 17.3. The zero-order chi connectivity index (χ0) is 21.3. The minimum absolute atomic E-state index is 0.203. The Morgan fingerprint density at radius 3 is 2.43 bits per heavy atom. The molecule has 0 aliphatic carbocycles. The first kappa shape index (κ1) is 19.8. The molecule has 2 aromatic carbocycles. The quantitative estimate of drug-likeness (QED) is 0.486. The number of benzene rings is 2. The molecule has 0 aliphatic rings. The van der Waals surface area contributed by atoms with Gasteiger partial charge in [-0.15, -0.1) is 11.3 Å². The van der Waals surface area contributed by atoms with E-state index in [1.54, 1.807) is 24.3 Å². The van der Waals surface area contributed by atoms with Crippen molar-refractivity contribution in [2.24, 2.45) is 0 Å². The molecule has 0 atom stereocenters. The SMILES string of the molecule is Cc1nn(Cc2ccc(F)cc2)c2sc(C(=O)NCc3ccc(C(=O)O)cc3)cc12. The van der Waals surface area contributed by atoms with Gasteiger partial charge >= 0.3 is 5.97 Å². The van der Waals surface area contributed by atoms with Crippen LogP contribution >= 0.6 is 11.3 Å². The average Bonchev–Trinajstić information content (AvgIpc) is 3.29. The van der Waals surface area contributed by atoms with Crippen molar-refractivity contribution in [2.45, 2.75) is 20.0 Å². The summed E-state index contributed by atoms with van der Waals surface area (Å²) >= 11 is 1.35. The van der Waals surface area contributed by atoms with Gasteiger partial charge in [0.15, 0.2) is 0 Å². The molecule has 1 amide bonds. The third-order valence-electron chi connectivity index (χ3n) is 4.73. The van der Waals surface area contributed by atoms with E-state index in [0.717, 1.165) is 27.0 Å². The van der Waals surface area contributed by atoms with Gasteiger partial charge in [0, 0.05) is 11.9 Å². The van der Waals surface area contributed by atoms with E-state index >= 15 is 0 Å². The van der Waals surface area contributed by atoms with Crippen molar-refractivity contribution in [3.63, 3.8) is 0 Å². The van der Waals surface area contributed by atoms with Gasteiger partial charge in [0.05, 0.1) is 22.7 Å². The second kappa shape index (κ2) is 8.08. The molecule has 4 aromatic rings. The van der Waals surface area contributed by atoms with Crippen LogP contribution in [-0.4, -0.2) is 26.8 Å². The van der Waals surface area contributed by atoms with Crippen molar-refractivity contribution < 1.29 is 19.1 Å². The molecule has 0 radical (unpaired) electrons. The zero-order valence-corrected chi connectivity index (χ0v) is 16.9. The van der Waals surface area contributed by atoms with Crippen LogP contribution in [0.2, 0.25) is 0 Å². The molecule has 0 saturated carbocycles. The number of halogens is 1. The fourth-order valence-electron chi connectivity index (χ4n) is 3.13. The Morgan fingerprint density at radius 2 is 1.77 bits per heavy atom. The standard InChI is InChI=1S/C22H18FN3O3S/c1-13-18-10-19(20(27)24-11-14-2-6-16(7-3-14)22(28)29)30-21(18)26(25-13)12-15-4-8-17(23)9-5-15/h2-10H,11-12H2,1H3,(H,24,27)(H,28,29). The summed E-state index contributed by atoms with van der Waals surface area (Å²) in [5.41, 5.74) is 2.76. The molecular weight excluding hydrogens is 405 g/mol. The summed E-state index contributed by atoms with van der Waals surface area (Å²) in [6.07, 6.45) is 0. The lowest BCUT2D eigenvalue weighted by molar-refractivity contribution is 0.0696. The predicted molar refractivity (Wildman–Crippen MR) is 112 cm³/mol. The van der Waals surface area contributed by atoms with Crippen molar-refractivity contribution in [2.75, 3.05) is 0 Å². The van der Waals surface area contributed by atoms with E-state index in [2.05, 4.69) is 10.4 Å². The zero-order valence-electron chi connectivity index (χ0n) is 16.1. The lowest BCUT2D eigenvalue weighted by atomic mass is 10.1. The first-order valence-electron chi connectivity index (χ1n) is 9.22. The summed E-state index contributed by atoms with van der Waals surface area (Å²) in [4.78, 5) is 25.0. The van der Waals surface area contributed by atoms with Crippen LogP contribution in [0.25, 0.3) is 10.2 Å². The van der Waals surface area contributed by atoms with E-state index in [-0.39, 0.29) is 17.3 Å². The second-order valence-electron chi connectivity index (χ2n) is 6.88. The Labute approximate surface area is 175 Å². The molecule has 0 fully saturated rings. The summed E-state index contributed by atoms with van der Waals surface area (Å²) in [6.45, 7) is 2.68. The number of carbonyl (C=O) groups is 2. The first-order valence-corrected chi connectivity index (χ1v) is 10.0. The van der Waals surface area contributed by atoms with Gasteiger partial charge in [0.1, 0.15) is 10.6 Å². The molecule has 30 heavy (non-hydrogen) atoms. The van der Waals surface area contributed by atoms with Crippen molar-refractivity contribution in [3.8, 4) is 0 Å². The van der Waals surface area contributed by atoms with Gasteiger partial charge in [0.25, 0.3) is 5.91 Å². The van der Waals surface area contributed by atoms with Crippen LogP contribution in [0.4, 0.5) is 4.39 Å². The molecule has 4 rings (SSSR count). The lowest BCUT2D eigenvalue weighted by Gasteiger charge is -2.05. The Morgan fingerprint density at radius 1 is 1.10 bits per heavy atom. The molecule has 0 aliphatic heterocycles. The second-order valence-corrected chi connectivity index (χ2v) is 7.91. The molecule has 8 heteroatoms. The van der Waals surface area contributed by atoms with Crippen molar-refractivity contribution in [1.29, 1.82) is 0 Å². The molecule has 0 unspecified atom stereocenters. The molecule has 0 spiro atoms. The number of aryl methyl sites for hydroxylation is 1. The third-order valence-corrected chi connectivity index (χ3v) is 5.88. The van der Waals surface area contributed by atoms with Gasteiger partial charge in [-0.2, -0.15) is 5.10 Å². The summed E-state index contributed by atoms with van der Waals surface area (Å²) in [6, 6.07) is 14.5. The lowest BCUT2D eigenvalue weighted by Crippen LogP contribution is -2.21. The van der Waals surface area contributed by atoms with Gasteiger partial charge in [-0.3, -0.25) is 9.48 Å². The summed E-state index contributed by atoms with van der Waals surface area (Å²) in [7, 11) is 0. The van der Waals surface area contributed by atoms with Crippen molar-refractivity contribution in [3.05, 3.63) is 87.7 Å². The number of carboxylic acid groups (broad SMARTS) is 1. The minimum Gasteiger partial charge on any atom is -0.478 e. The molecule has 6 nitrogen and oxygen atoms in total. The Hall–Kier alpha value is -3.52. The molecule has 0 bridgehead atoms. The average molecular weight is 423 g/mol. The molecule has 2 heterocycles. The van der Waals surface area contributed by atoms with Gasteiger partial charge in [0.2, 0.25) is 0 Å². The van der Waals surface area contributed by atoms with Gasteiger partial charge < -0.3 is 10.4 Å². The van der Waals surface area contributed by atoms with E-state index in [1.807, 2.05) is 17.7 Å². The fourth-order valence-corrected chi connectivity index (χ4v) is 4.21. The number of aromatic carboxylic acids is 1. The molecule has 0 saturated heterocycles. The van der Waals surface area contributed by atoms with Crippen LogP contribution in [0.1, 0.15) is 36.9 Å². The number of rotatable bonds is 6. The largest absolute Gasteiger partial charge is 0.478 e. The van der Waals surface area contributed by atoms with Gasteiger partial charge in [-0.05, 0) is 48.4 Å². The molecule has 152 valence electrons. The number of hydrogen-bond donors (Lipinski definition) is 2. The van der Waals surface area contributed by atoms with E-state index < -0.39 is 5.97 Å². The highest BCUT2D eigenvalue weighted by molar-refractivity contribution is 7.20. The van der Waals surface area contributed by atoms with Crippen LogP contribution in [0.5, 0.6) is 0 Å². The Kier molecular flexibility index (Phi) is 5.33. The predicted octanol–water partition coefficient (Wildman–Crippen LogP) is 4.22. The number of nitrogens with zero attached hydrogens (tertiary/aromatic N) is 2. The van der Waals surface area contributed by atoms with Crippen LogP contribution < -0.4 is 5.32 Å². The maximum absolute atomic E-state index is 13.1. The number of carbonyl (C=O) groups excluding carboxylic acids is 1. The number of carboxylic acids is 1. The van der Waals surface area contributed by atoms with Crippen molar-refractivity contribution >= 4 is 33.4 Å². The van der Waals surface area contributed by atoms with Crippen LogP contribution in [0.3, 0.4) is 0 Å². The van der Waals surface area contributed by atoms with Crippen LogP contribution in [0.15, 0.2) is 54.6 Å². The molecule has 2 N–H and O–H groups in total. The number of hydrogen-bond acceptors (Lipinski definition) is 4. The number of amides is 1. The molecule has 2 aromatic heterocycles. The Bertz CT molecular complexity index is 1230. The topological polar surface area (TPSA) is 84.2 Å². The maximum atomic E-state index is 13.1. The first-order chi connectivity index (χ1) is 14.4. The monoisotopic (exact) mass is 423 g/mol. The normalized spacial score (nSPS) is 11.0. The van der Waals surface area contributed by atoms with E-state index in [4.69, 9.17) is 5.11 Å². The maximum Gasteiger partial charge on any atom is 0.335 e. The van der Waals surface area contributed by atoms with Crippen molar-refractivity contribution in [1.82, 2.24) is 15.1 Å². The summed E-state index contributed by atoms with van der Waals surface area (Å²) < 4.78 is 15.0. The van der Waals surface area contributed by atoms with Gasteiger partial charge in [-0.25, -0.2) is 9.18 Å². The number of aromatic nitrogens is 2. The van der Waals surface area contributed by atoms with Gasteiger partial charge in [-0.1, -0.05) is 24.3 Å². The Balaban J connectivity index is 1.49. The van der Waals surface area contributed by atoms with Crippen LogP contribution in [-0.2, 0) is 13.1 Å². The number of thiophene rings is 1. The van der Waals surface area contributed by atoms with E-state index in [1.165, 1.54) is 35.6 Å². The highest BCUT2D eigenvalue weighted by Crippen LogP contribution is 2.29. The fraction of sp³-hybridized carbons (Fsp3) is 0.136.